The minimum Gasteiger partial charge on any atom is -0.330 e. The van der Waals surface area contributed by atoms with Crippen LogP contribution >= 0.6 is 0 Å². The summed E-state index contributed by atoms with van der Waals surface area (Å²) < 4.78 is 1.78. The molecular weight excluding hydrogens is 338 g/mol. The minimum atomic E-state index is 0.0388. The maximum Gasteiger partial charge on any atom is 0.256 e. The normalized spacial score (nSPS) is 14.8. The molecule has 138 valence electrons. The van der Waals surface area contributed by atoms with Crippen molar-refractivity contribution in [1.82, 2.24) is 24.6 Å². The van der Waals surface area contributed by atoms with Gasteiger partial charge < -0.3 is 4.90 Å². The molecule has 0 unspecified atom stereocenters. The molecule has 1 aliphatic carbocycles. The first-order valence-corrected chi connectivity index (χ1v) is 9.48. The van der Waals surface area contributed by atoms with Gasteiger partial charge in [0.05, 0.1) is 23.5 Å². The molecule has 1 saturated carbocycles. The van der Waals surface area contributed by atoms with Crippen LogP contribution in [-0.4, -0.2) is 36.6 Å². The van der Waals surface area contributed by atoms with Gasteiger partial charge in [-0.05, 0) is 37.1 Å². The van der Waals surface area contributed by atoms with E-state index in [1.165, 1.54) is 19.3 Å². The quantitative estimate of drug-likeness (QED) is 0.696. The Bertz CT molecular complexity index is 873. The molecule has 4 rings (SSSR count). The van der Waals surface area contributed by atoms with Crippen LogP contribution in [0.25, 0.3) is 5.69 Å². The third-order valence-corrected chi connectivity index (χ3v) is 5.17. The van der Waals surface area contributed by atoms with Crippen molar-refractivity contribution >= 4 is 5.91 Å². The van der Waals surface area contributed by atoms with Crippen LogP contribution in [0, 0.1) is 0 Å². The van der Waals surface area contributed by atoms with Crippen LogP contribution in [-0.2, 0) is 6.54 Å². The zero-order valence-electron chi connectivity index (χ0n) is 15.2. The lowest BCUT2D eigenvalue weighted by molar-refractivity contribution is 0.0611. The molecule has 1 aliphatic rings. The second kappa shape index (κ2) is 8.12. The second-order valence-corrected chi connectivity index (χ2v) is 6.93. The Hall–Kier alpha value is -3.02. The van der Waals surface area contributed by atoms with Crippen molar-refractivity contribution in [3.05, 3.63) is 72.6 Å². The summed E-state index contributed by atoms with van der Waals surface area (Å²) in [5, 5.41) is 7.76. The highest BCUT2D eigenvalue weighted by molar-refractivity contribution is 5.98. The summed E-state index contributed by atoms with van der Waals surface area (Å²) in [6.45, 7) is 0.529. The van der Waals surface area contributed by atoms with Gasteiger partial charge >= 0.3 is 0 Å². The molecule has 3 aromatic rings. The van der Waals surface area contributed by atoms with E-state index in [0.717, 1.165) is 24.2 Å². The third-order valence-electron chi connectivity index (χ3n) is 5.17. The number of carbonyl (C=O) groups is 1. The van der Waals surface area contributed by atoms with E-state index in [9.17, 15) is 4.79 Å². The van der Waals surface area contributed by atoms with Crippen molar-refractivity contribution in [3.8, 4) is 5.69 Å². The maximum atomic E-state index is 13.6. The van der Waals surface area contributed by atoms with Gasteiger partial charge in [-0.2, -0.15) is 0 Å². The average molecular weight is 361 g/mol. The van der Waals surface area contributed by atoms with Crippen molar-refractivity contribution in [1.29, 1.82) is 0 Å². The van der Waals surface area contributed by atoms with Crippen LogP contribution in [0.2, 0.25) is 0 Å². The molecule has 1 fully saturated rings. The standard InChI is InChI=1S/C21H23N5O/c27-21(19-11-4-5-12-20(19)25-15-23-24-16-25)26(18-9-2-1-3-10-18)14-17-8-6-7-13-22-17/h4-8,11-13,15-16,18H,1-3,9-10,14H2. The first-order valence-electron chi connectivity index (χ1n) is 9.48. The number of aromatic nitrogens is 4. The number of amides is 1. The van der Waals surface area contributed by atoms with Crippen LogP contribution < -0.4 is 0 Å². The molecule has 2 aromatic heterocycles. The van der Waals surface area contributed by atoms with Crippen LogP contribution in [0.15, 0.2) is 61.3 Å². The Kier molecular flexibility index (Phi) is 5.23. The van der Waals surface area contributed by atoms with Crippen molar-refractivity contribution in [2.45, 2.75) is 44.7 Å². The van der Waals surface area contributed by atoms with Crippen molar-refractivity contribution in [3.63, 3.8) is 0 Å². The third kappa shape index (κ3) is 3.89. The van der Waals surface area contributed by atoms with Gasteiger partial charge in [-0.1, -0.05) is 37.5 Å². The van der Waals surface area contributed by atoms with E-state index in [4.69, 9.17) is 0 Å². The summed E-state index contributed by atoms with van der Waals surface area (Å²) in [6.07, 6.45) is 10.7. The van der Waals surface area contributed by atoms with Gasteiger partial charge in [-0.25, -0.2) is 0 Å². The highest BCUT2D eigenvalue weighted by Gasteiger charge is 2.28. The summed E-state index contributed by atoms with van der Waals surface area (Å²) in [6, 6.07) is 13.7. The fraction of sp³-hybridized carbons (Fsp3) is 0.333. The van der Waals surface area contributed by atoms with E-state index in [2.05, 4.69) is 15.2 Å². The van der Waals surface area contributed by atoms with Crippen LogP contribution in [0.4, 0.5) is 0 Å². The zero-order chi connectivity index (χ0) is 18.5. The van der Waals surface area contributed by atoms with Crippen LogP contribution in [0.1, 0.15) is 48.2 Å². The van der Waals surface area contributed by atoms with E-state index in [1.54, 1.807) is 23.4 Å². The van der Waals surface area contributed by atoms with Gasteiger partial charge in [-0.15, -0.1) is 10.2 Å². The summed E-state index contributed by atoms with van der Waals surface area (Å²) >= 11 is 0. The second-order valence-electron chi connectivity index (χ2n) is 6.93. The molecule has 2 heterocycles. The molecule has 6 heteroatoms. The number of rotatable bonds is 5. The number of pyridine rings is 1. The molecular formula is C21H23N5O. The molecule has 1 amide bonds. The van der Waals surface area contributed by atoms with E-state index in [1.807, 2.05) is 47.4 Å². The Labute approximate surface area is 158 Å². The molecule has 1 aromatic carbocycles. The topological polar surface area (TPSA) is 63.9 Å². The predicted octanol–water partition coefficient (Wildman–Crippen LogP) is 3.64. The number of nitrogens with zero attached hydrogens (tertiary/aromatic N) is 5. The molecule has 0 atom stereocenters. The van der Waals surface area contributed by atoms with Crippen LogP contribution in [0.5, 0.6) is 0 Å². The number of benzene rings is 1. The number of para-hydroxylation sites is 1. The van der Waals surface area contributed by atoms with Crippen molar-refractivity contribution in [2.75, 3.05) is 0 Å². The summed E-state index contributed by atoms with van der Waals surface area (Å²) in [5.74, 6) is 0.0388. The smallest absolute Gasteiger partial charge is 0.256 e. The number of hydrogen-bond donors (Lipinski definition) is 0. The van der Waals surface area contributed by atoms with E-state index in [-0.39, 0.29) is 11.9 Å². The first-order chi connectivity index (χ1) is 13.3. The molecule has 0 saturated heterocycles. The highest BCUT2D eigenvalue weighted by atomic mass is 16.2. The zero-order valence-corrected chi connectivity index (χ0v) is 15.2. The van der Waals surface area contributed by atoms with Crippen molar-refractivity contribution in [2.24, 2.45) is 0 Å². The molecule has 0 bridgehead atoms. The van der Waals surface area contributed by atoms with Gasteiger partial charge in [0.2, 0.25) is 0 Å². The highest BCUT2D eigenvalue weighted by Crippen LogP contribution is 2.27. The molecule has 0 aliphatic heterocycles. The largest absolute Gasteiger partial charge is 0.330 e. The van der Waals surface area contributed by atoms with Gasteiger partial charge in [0.1, 0.15) is 12.7 Å². The fourth-order valence-corrected chi connectivity index (χ4v) is 3.79. The van der Waals surface area contributed by atoms with Gasteiger partial charge in [0, 0.05) is 12.2 Å². The van der Waals surface area contributed by atoms with E-state index in [0.29, 0.717) is 12.1 Å². The average Bonchev–Trinajstić information content (AvgIpc) is 3.28. The molecule has 6 nitrogen and oxygen atoms in total. The number of carbonyl (C=O) groups excluding carboxylic acids is 1. The maximum absolute atomic E-state index is 13.6. The van der Waals surface area contributed by atoms with Crippen LogP contribution in [0.3, 0.4) is 0 Å². The lowest BCUT2D eigenvalue weighted by Gasteiger charge is -2.34. The van der Waals surface area contributed by atoms with Gasteiger partial charge in [-0.3, -0.25) is 14.3 Å². The van der Waals surface area contributed by atoms with Crippen molar-refractivity contribution < 1.29 is 4.79 Å². The summed E-state index contributed by atoms with van der Waals surface area (Å²) in [7, 11) is 0. The first kappa shape index (κ1) is 17.4. The minimum absolute atomic E-state index is 0.0388. The fourth-order valence-electron chi connectivity index (χ4n) is 3.79. The lowest BCUT2D eigenvalue weighted by Crippen LogP contribution is -2.41. The Morgan fingerprint density at radius 1 is 1.00 bits per heavy atom. The van der Waals surface area contributed by atoms with Gasteiger partial charge in [0.25, 0.3) is 5.91 Å². The molecule has 27 heavy (non-hydrogen) atoms. The SMILES string of the molecule is O=C(c1ccccc1-n1cnnc1)N(Cc1ccccn1)C1CCCCC1. The Morgan fingerprint density at radius 2 is 1.74 bits per heavy atom. The Morgan fingerprint density at radius 3 is 2.48 bits per heavy atom. The summed E-state index contributed by atoms with van der Waals surface area (Å²) in [5.41, 5.74) is 2.38. The van der Waals surface area contributed by atoms with E-state index >= 15 is 0 Å². The molecule has 0 radical (unpaired) electrons. The predicted molar refractivity (Wildman–Crippen MR) is 102 cm³/mol. The van der Waals surface area contributed by atoms with Gasteiger partial charge in [0.15, 0.2) is 0 Å². The molecule has 0 spiro atoms. The number of hydrogen-bond acceptors (Lipinski definition) is 4. The molecule has 0 N–H and O–H groups in total. The lowest BCUT2D eigenvalue weighted by atomic mass is 9.93. The Balaban J connectivity index is 1.68. The monoisotopic (exact) mass is 361 g/mol. The van der Waals surface area contributed by atoms with E-state index < -0.39 is 0 Å². The summed E-state index contributed by atoms with van der Waals surface area (Å²) in [4.78, 5) is 20.1.